The number of nitrogens with zero attached hydrogens (tertiary/aromatic N) is 1. The second kappa shape index (κ2) is 7.84. The average molecular weight is 439 g/mol. The van der Waals surface area contributed by atoms with Crippen LogP contribution in [-0.4, -0.2) is 28.1 Å². The van der Waals surface area contributed by atoms with E-state index in [0.29, 0.717) is 23.5 Å². The summed E-state index contributed by atoms with van der Waals surface area (Å²) in [6.07, 6.45) is 10.8. The zero-order valence-corrected chi connectivity index (χ0v) is 19.1. The maximum atomic E-state index is 12.3. The second-order valence-electron chi connectivity index (χ2n) is 10.2. The molecule has 4 aliphatic carbocycles. The summed E-state index contributed by atoms with van der Waals surface area (Å²) in [5, 5.41) is 4.04. The Hall–Kier alpha value is -1.01. The monoisotopic (exact) mass is 439 g/mol. The molecule has 8 heteroatoms. The van der Waals surface area contributed by atoms with Crippen molar-refractivity contribution in [3.05, 3.63) is 11.6 Å². The van der Waals surface area contributed by atoms with E-state index in [4.69, 9.17) is 14.6 Å². The summed E-state index contributed by atoms with van der Waals surface area (Å²) in [7, 11) is -4.54. The van der Waals surface area contributed by atoms with E-state index in [1.807, 2.05) is 0 Å². The van der Waals surface area contributed by atoms with E-state index >= 15 is 0 Å². The lowest BCUT2D eigenvalue weighted by molar-refractivity contribution is -0.127. The van der Waals surface area contributed by atoms with Crippen LogP contribution in [0.25, 0.3) is 0 Å². The van der Waals surface area contributed by atoms with Gasteiger partial charge in [-0.1, -0.05) is 24.6 Å². The Labute approximate surface area is 178 Å². The summed E-state index contributed by atoms with van der Waals surface area (Å²) in [6.45, 7) is 6.01. The van der Waals surface area contributed by atoms with Crippen molar-refractivity contribution in [2.45, 2.75) is 72.1 Å². The number of phosphoric acid groups is 1. The number of phosphoric ester groups is 1. The smallest absolute Gasteiger partial charge is 0.366 e. The second-order valence-corrected chi connectivity index (χ2v) is 11.5. The Kier molecular flexibility index (Phi) is 5.80. The average Bonchev–Trinajstić information content (AvgIpc) is 3.02. The van der Waals surface area contributed by atoms with Gasteiger partial charge >= 0.3 is 7.82 Å². The summed E-state index contributed by atoms with van der Waals surface area (Å²) in [4.78, 5) is 34.7. The number of allylic oxidation sites excluding steroid dienone is 2. The summed E-state index contributed by atoms with van der Waals surface area (Å²) >= 11 is 0. The molecular weight excluding hydrogens is 405 g/mol. The number of oxime groups is 1. The fourth-order valence-corrected chi connectivity index (χ4v) is 7.70. The van der Waals surface area contributed by atoms with Crippen LogP contribution in [0.3, 0.4) is 0 Å². The molecule has 168 valence electrons. The Bertz CT molecular complexity index is 818. The molecule has 0 spiro atoms. The maximum absolute atomic E-state index is 12.3. The fraction of sp³-hybridized carbons (Fsp3) is 0.818. The topological polar surface area (TPSA) is 105 Å². The number of Topliss-reactive ketones (excluding diaryl/α,β-unsaturated/α-hetero) is 1. The van der Waals surface area contributed by atoms with Gasteiger partial charge in [0.25, 0.3) is 0 Å². The van der Waals surface area contributed by atoms with Gasteiger partial charge in [0, 0.05) is 5.92 Å². The molecule has 0 radical (unpaired) electrons. The van der Waals surface area contributed by atoms with E-state index in [-0.39, 0.29) is 16.7 Å². The van der Waals surface area contributed by atoms with Gasteiger partial charge in [0.05, 0.1) is 5.71 Å². The normalized spacial score (nSPS) is 42.2. The van der Waals surface area contributed by atoms with E-state index in [1.54, 1.807) is 6.92 Å². The third-order valence-corrected chi connectivity index (χ3v) is 9.37. The number of rotatable bonds is 5. The van der Waals surface area contributed by atoms with Gasteiger partial charge in [-0.05, 0) is 93.0 Å². The molecule has 4 aliphatic rings. The first-order chi connectivity index (χ1) is 14.0. The van der Waals surface area contributed by atoms with Crippen molar-refractivity contribution in [2.24, 2.45) is 39.7 Å². The molecule has 4 rings (SSSR count). The van der Waals surface area contributed by atoms with Crippen LogP contribution in [0.4, 0.5) is 0 Å². The van der Waals surface area contributed by atoms with Gasteiger partial charge in [-0.2, -0.15) is 0 Å². The summed E-state index contributed by atoms with van der Waals surface area (Å²) in [5.74, 6) is 2.63. The van der Waals surface area contributed by atoms with E-state index in [0.717, 1.165) is 37.8 Å². The molecule has 3 fully saturated rings. The minimum absolute atomic E-state index is 0.167. The number of ketones is 1. The minimum Gasteiger partial charge on any atom is -0.366 e. The predicted octanol–water partition coefficient (Wildman–Crippen LogP) is 4.59. The van der Waals surface area contributed by atoms with Crippen molar-refractivity contribution in [1.29, 1.82) is 0 Å². The first kappa shape index (κ1) is 22.2. The van der Waals surface area contributed by atoms with Gasteiger partial charge in [-0.15, -0.1) is 0 Å². The van der Waals surface area contributed by atoms with E-state index in [9.17, 15) is 9.36 Å². The standard InChI is InChI=1S/C22H34NO6P/c1-14(24)18-6-7-19-17-5-4-15-12-16(23-28-13-29-30(25,26)27)8-10-21(15,2)20(17)9-11-22(18,19)3/h12,17-20H,4-11,13H2,1-3H3,(H2,25,26,27). The molecule has 30 heavy (non-hydrogen) atoms. The van der Waals surface area contributed by atoms with Crippen molar-refractivity contribution >= 4 is 19.3 Å². The largest absolute Gasteiger partial charge is 0.472 e. The molecular formula is C22H34NO6P. The van der Waals surface area contributed by atoms with E-state index in [2.05, 4.69) is 29.6 Å². The van der Waals surface area contributed by atoms with Crippen molar-refractivity contribution in [2.75, 3.05) is 6.79 Å². The van der Waals surface area contributed by atoms with Crippen LogP contribution in [0.1, 0.15) is 72.1 Å². The Morgan fingerprint density at radius 3 is 2.63 bits per heavy atom. The lowest BCUT2D eigenvalue weighted by Gasteiger charge is -2.58. The molecule has 0 aromatic heterocycles. The summed E-state index contributed by atoms with van der Waals surface area (Å²) in [6, 6.07) is 0. The molecule has 6 unspecified atom stereocenters. The highest BCUT2D eigenvalue weighted by Gasteiger charge is 2.59. The minimum atomic E-state index is -4.54. The molecule has 3 saturated carbocycles. The van der Waals surface area contributed by atoms with Crippen LogP contribution in [-0.2, 0) is 18.7 Å². The van der Waals surface area contributed by atoms with Crippen LogP contribution < -0.4 is 0 Å². The SMILES string of the molecule is CC(=O)C1CCC2C3CCC4=CC(=NOCOP(=O)(O)O)CCC4(C)C3CCC12C. The highest BCUT2D eigenvalue weighted by Crippen LogP contribution is 2.66. The molecule has 6 atom stereocenters. The Morgan fingerprint density at radius 1 is 1.17 bits per heavy atom. The zero-order chi connectivity index (χ0) is 21.7. The van der Waals surface area contributed by atoms with Crippen LogP contribution in [0.15, 0.2) is 16.8 Å². The van der Waals surface area contributed by atoms with E-state index in [1.165, 1.54) is 24.8 Å². The number of fused-ring (bicyclic) bond motifs is 5. The van der Waals surface area contributed by atoms with Gasteiger partial charge in [0.2, 0.25) is 6.79 Å². The highest BCUT2D eigenvalue weighted by molar-refractivity contribution is 7.46. The molecule has 2 N–H and O–H groups in total. The number of hydrogen-bond donors (Lipinski definition) is 2. The van der Waals surface area contributed by atoms with Crippen molar-refractivity contribution in [3.63, 3.8) is 0 Å². The van der Waals surface area contributed by atoms with Crippen molar-refractivity contribution in [1.82, 2.24) is 0 Å². The summed E-state index contributed by atoms with van der Waals surface area (Å²) < 4.78 is 15.0. The lowest BCUT2D eigenvalue weighted by atomic mass is 9.46. The first-order valence-electron chi connectivity index (χ1n) is 11.1. The Balaban J connectivity index is 1.48. The van der Waals surface area contributed by atoms with Crippen LogP contribution in [0, 0.1) is 34.5 Å². The number of hydrogen-bond acceptors (Lipinski definition) is 5. The number of carbonyl (C=O) groups excluding carboxylic acids is 1. The first-order valence-corrected chi connectivity index (χ1v) is 12.7. The highest BCUT2D eigenvalue weighted by atomic mass is 31.2. The molecule has 0 heterocycles. The molecule has 0 bridgehead atoms. The van der Waals surface area contributed by atoms with Gasteiger partial charge in [-0.25, -0.2) is 9.09 Å². The maximum Gasteiger partial charge on any atom is 0.472 e. The van der Waals surface area contributed by atoms with Gasteiger partial charge in [-0.3, -0.25) is 4.79 Å². The zero-order valence-electron chi connectivity index (χ0n) is 18.2. The van der Waals surface area contributed by atoms with Crippen molar-refractivity contribution in [3.8, 4) is 0 Å². The van der Waals surface area contributed by atoms with Crippen LogP contribution >= 0.6 is 7.82 Å². The fourth-order valence-electron chi connectivity index (χ4n) is 7.51. The van der Waals surface area contributed by atoms with Gasteiger partial charge in [0.15, 0.2) is 0 Å². The molecule has 0 aromatic rings. The quantitative estimate of drug-likeness (QED) is 0.281. The van der Waals surface area contributed by atoms with Gasteiger partial charge in [0.1, 0.15) is 5.78 Å². The third-order valence-electron chi connectivity index (χ3n) is 8.92. The molecule has 0 saturated heterocycles. The predicted molar refractivity (Wildman–Crippen MR) is 112 cm³/mol. The molecule has 0 aromatic carbocycles. The molecule has 0 aliphatic heterocycles. The molecule has 7 nitrogen and oxygen atoms in total. The third kappa shape index (κ3) is 3.83. The molecule has 0 amide bonds. The van der Waals surface area contributed by atoms with Crippen LogP contribution in [0.2, 0.25) is 0 Å². The Morgan fingerprint density at radius 2 is 1.93 bits per heavy atom. The van der Waals surface area contributed by atoms with Crippen LogP contribution in [0.5, 0.6) is 0 Å². The summed E-state index contributed by atoms with van der Waals surface area (Å²) in [5.41, 5.74) is 2.59. The lowest BCUT2D eigenvalue weighted by Crippen LogP contribution is -2.51. The van der Waals surface area contributed by atoms with Crippen molar-refractivity contribution < 1.29 is 28.5 Å². The number of carbonyl (C=O) groups is 1. The van der Waals surface area contributed by atoms with E-state index < -0.39 is 14.6 Å². The van der Waals surface area contributed by atoms with Gasteiger partial charge < -0.3 is 14.6 Å².